The van der Waals surface area contributed by atoms with Gasteiger partial charge >= 0.3 is 0 Å². The second-order valence-electron chi connectivity index (χ2n) is 5.21. The number of anilines is 1. The second-order valence-corrected chi connectivity index (χ2v) is 5.21. The maximum Gasteiger partial charge on any atom is 0.268 e. The van der Waals surface area contributed by atoms with E-state index in [9.17, 15) is 9.59 Å². The van der Waals surface area contributed by atoms with E-state index in [1.807, 2.05) is 18.2 Å². The molecule has 5 nitrogen and oxygen atoms in total. The lowest BCUT2D eigenvalue weighted by atomic mass is 10.2. The fourth-order valence-corrected chi connectivity index (χ4v) is 2.32. The van der Waals surface area contributed by atoms with E-state index in [0.717, 1.165) is 19.3 Å². The van der Waals surface area contributed by atoms with Crippen LogP contribution in [0.1, 0.15) is 33.1 Å². The summed E-state index contributed by atoms with van der Waals surface area (Å²) in [5.41, 5.74) is 0.657. The Morgan fingerprint density at radius 3 is 2.86 bits per heavy atom. The summed E-state index contributed by atoms with van der Waals surface area (Å²) in [6, 6.07) is 7.29. The van der Waals surface area contributed by atoms with Gasteiger partial charge in [0.1, 0.15) is 12.3 Å². The SMILES string of the molecule is CCCCCNC(=O)CN1C(=O)[C@H](C)Oc2ccccc21. The minimum absolute atomic E-state index is 0.0374. The van der Waals surface area contributed by atoms with Gasteiger partial charge in [0.2, 0.25) is 5.91 Å². The quantitative estimate of drug-likeness (QED) is 0.816. The number of nitrogens with one attached hydrogen (secondary N) is 1. The molecule has 0 aliphatic carbocycles. The summed E-state index contributed by atoms with van der Waals surface area (Å²) in [5.74, 6) is 0.323. The Bertz CT molecular complexity index is 516. The number of ether oxygens (including phenoxy) is 1. The van der Waals surface area contributed by atoms with Gasteiger partial charge in [-0.05, 0) is 25.5 Å². The molecule has 0 unspecified atom stereocenters. The zero-order valence-corrected chi connectivity index (χ0v) is 12.6. The highest BCUT2D eigenvalue weighted by Gasteiger charge is 2.32. The summed E-state index contributed by atoms with van der Waals surface area (Å²) in [6.07, 6.45) is 2.61. The molecule has 1 N–H and O–H groups in total. The van der Waals surface area contributed by atoms with Crippen LogP contribution >= 0.6 is 0 Å². The fraction of sp³-hybridized carbons (Fsp3) is 0.500. The number of nitrogens with zero attached hydrogens (tertiary/aromatic N) is 1. The van der Waals surface area contributed by atoms with Gasteiger partial charge in [-0.3, -0.25) is 14.5 Å². The number of benzene rings is 1. The smallest absolute Gasteiger partial charge is 0.268 e. The van der Waals surface area contributed by atoms with E-state index < -0.39 is 6.10 Å². The maximum atomic E-state index is 12.2. The summed E-state index contributed by atoms with van der Waals surface area (Å²) < 4.78 is 5.55. The van der Waals surface area contributed by atoms with Crippen molar-refractivity contribution >= 4 is 17.5 Å². The molecule has 0 saturated heterocycles. The number of para-hydroxylation sites is 2. The van der Waals surface area contributed by atoms with Crippen LogP contribution in [-0.2, 0) is 9.59 Å². The lowest BCUT2D eigenvalue weighted by Gasteiger charge is -2.32. The summed E-state index contributed by atoms with van der Waals surface area (Å²) in [4.78, 5) is 25.7. The first-order valence-corrected chi connectivity index (χ1v) is 7.47. The van der Waals surface area contributed by atoms with Crippen molar-refractivity contribution in [1.29, 1.82) is 0 Å². The third-order valence-electron chi connectivity index (χ3n) is 3.48. The number of unbranched alkanes of at least 4 members (excludes halogenated alkanes) is 2. The van der Waals surface area contributed by atoms with Crippen molar-refractivity contribution in [2.24, 2.45) is 0 Å². The second kappa shape index (κ2) is 7.11. The lowest BCUT2D eigenvalue weighted by molar-refractivity contribution is -0.128. The zero-order valence-electron chi connectivity index (χ0n) is 12.6. The van der Waals surface area contributed by atoms with Crippen LogP contribution in [0.4, 0.5) is 5.69 Å². The van der Waals surface area contributed by atoms with Crippen molar-refractivity contribution in [2.75, 3.05) is 18.0 Å². The first kappa shape index (κ1) is 15.4. The Labute approximate surface area is 125 Å². The van der Waals surface area contributed by atoms with Crippen molar-refractivity contribution < 1.29 is 14.3 Å². The van der Waals surface area contributed by atoms with Crippen LogP contribution in [0, 0.1) is 0 Å². The number of rotatable bonds is 6. The molecule has 1 heterocycles. The molecule has 21 heavy (non-hydrogen) atoms. The van der Waals surface area contributed by atoms with Gasteiger partial charge in [0.25, 0.3) is 5.91 Å². The Morgan fingerprint density at radius 1 is 1.33 bits per heavy atom. The highest BCUT2D eigenvalue weighted by atomic mass is 16.5. The average molecular weight is 290 g/mol. The first-order valence-electron chi connectivity index (χ1n) is 7.47. The largest absolute Gasteiger partial charge is 0.479 e. The first-order chi connectivity index (χ1) is 10.1. The topological polar surface area (TPSA) is 58.6 Å². The van der Waals surface area contributed by atoms with Crippen molar-refractivity contribution in [3.63, 3.8) is 0 Å². The third-order valence-corrected chi connectivity index (χ3v) is 3.48. The predicted octanol–water partition coefficient (Wildman–Crippen LogP) is 2.11. The summed E-state index contributed by atoms with van der Waals surface area (Å²) in [7, 11) is 0. The Kier molecular flexibility index (Phi) is 5.20. The van der Waals surface area contributed by atoms with Crippen LogP contribution in [0.15, 0.2) is 24.3 Å². The number of hydrogen-bond donors (Lipinski definition) is 1. The molecule has 1 aromatic carbocycles. The molecule has 1 aromatic rings. The van der Waals surface area contributed by atoms with Gasteiger partial charge in [-0.15, -0.1) is 0 Å². The van der Waals surface area contributed by atoms with E-state index in [4.69, 9.17) is 4.74 Å². The van der Waals surface area contributed by atoms with Crippen LogP contribution in [-0.4, -0.2) is 31.0 Å². The minimum Gasteiger partial charge on any atom is -0.479 e. The van der Waals surface area contributed by atoms with Crippen LogP contribution < -0.4 is 15.0 Å². The van der Waals surface area contributed by atoms with E-state index >= 15 is 0 Å². The molecule has 0 aromatic heterocycles. The van der Waals surface area contributed by atoms with Crippen molar-refractivity contribution in [3.05, 3.63) is 24.3 Å². The number of fused-ring (bicyclic) bond motifs is 1. The van der Waals surface area contributed by atoms with Gasteiger partial charge in [-0.25, -0.2) is 0 Å². The average Bonchev–Trinajstić information content (AvgIpc) is 2.48. The summed E-state index contributed by atoms with van der Waals surface area (Å²) in [5, 5.41) is 2.86. The fourth-order valence-electron chi connectivity index (χ4n) is 2.32. The third kappa shape index (κ3) is 3.74. The van der Waals surface area contributed by atoms with Crippen LogP contribution in [0.2, 0.25) is 0 Å². The summed E-state index contributed by atoms with van der Waals surface area (Å²) in [6.45, 7) is 4.51. The molecule has 1 aliphatic heterocycles. The number of amides is 2. The molecule has 1 atom stereocenters. The maximum absolute atomic E-state index is 12.2. The van der Waals surface area contributed by atoms with Crippen LogP contribution in [0.5, 0.6) is 5.75 Å². The molecule has 5 heteroatoms. The predicted molar refractivity (Wildman–Crippen MR) is 81.4 cm³/mol. The van der Waals surface area contributed by atoms with Gasteiger partial charge in [-0.2, -0.15) is 0 Å². The molecular weight excluding hydrogens is 268 g/mol. The molecule has 0 radical (unpaired) electrons. The van der Waals surface area contributed by atoms with Crippen LogP contribution in [0.25, 0.3) is 0 Å². The van der Waals surface area contributed by atoms with Gasteiger partial charge in [0.15, 0.2) is 6.10 Å². The minimum atomic E-state index is -0.562. The van der Waals surface area contributed by atoms with Gasteiger partial charge in [0, 0.05) is 6.54 Å². The van der Waals surface area contributed by atoms with Gasteiger partial charge in [0.05, 0.1) is 5.69 Å². The van der Waals surface area contributed by atoms with Crippen molar-refractivity contribution in [1.82, 2.24) is 5.32 Å². The molecule has 0 fully saturated rings. The Morgan fingerprint density at radius 2 is 2.10 bits per heavy atom. The molecule has 2 rings (SSSR count). The molecule has 0 saturated carbocycles. The molecule has 1 aliphatic rings. The molecular formula is C16H22N2O3. The van der Waals surface area contributed by atoms with Crippen molar-refractivity contribution in [2.45, 2.75) is 39.2 Å². The molecule has 0 bridgehead atoms. The highest BCUT2D eigenvalue weighted by molar-refractivity contribution is 6.03. The number of hydrogen-bond acceptors (Lipinski definition) is 3. The molecule has 0 spiro atoms. The van der Waals surface area contributed by atoms with E-state index in [2.05, 4.69) is 12.2 Å². The standard InChI is InChI=1S/C16H22N2O3/c1-3-4-7-10-17-15(19)11-18-13-8-5-6-9-14(13)21-12(2)16(18)20/h5-6,8-9,12H,3-4,7,10-11H2,1-2H3,(H,17,19)/t12-/m0/s1. The van der Waals surface area contributed by atoms with E-state index in [-0.39, 0.29) is 18.4 Å². The van der Waals surface area contributed by atoms with E-state index in [0.29, 0.717) is 18.0 Å². The van der Waals surface area contributed by atoms with Gasteiger partial charge < -0.3 is 10.1 Å². The number of carbonyl (C=O) groups excluding carboxylic acids is 2. The lowest BCUT2D eigenvalue weighted by Crippen LogP contribution is -2.48. The zero-order chi connectivity index (χ0) is 15.2. The van der Waals surface area contributed by atoms with Crippen molar-refractivity contribution in [3.8, 4) is 5.75 Å². The summed E-state index contributed by atoms with van der Waals surface area (Å²) >= 11 is 0. The Hall–Kier alpha value is -2.04. The number of carbonyl (C=O) groups is 2. The monoisotopic (exact) mass is 290 g/mol. The van der Waals surface area contributed by atoms with E-state index in [1.54, 1.807) is 13.0 Å². The normalized spacial score (nSPS) is 17.1. The highest BCUT2D eigenvalue weighted by Crippen LogP contribution is 2.33. The molecule has 2 amide bonds. The Balaban J connectivity index is 2.01. The van der Waals surface area contributed by atoms with Crippen LogP contribution in [0.3, 0.4) is 0 Å². The van der Waals surface area contributed by atoms with Gasteiger partial charge in [-0.1, -0.05) is 31.9 Å². The van der Waals surface area contributed by atoms with E-state index in [1.165, 1.54) is 4.90 Å². The molecule has 114 valence electrons.